The van der Waals surface area contributed by atoms with Crippen molar-refractivity contribution in [3.05, 3.63) is 78.1 Å². The summed E-state index contributed by atoms with van der Waals surface area (Å²) in [6.45, 7) is 1.98. The van der Waals surface area contributed by atoms with E-state index >= 15 is 0 Å². The van der Waals surface area contributed by atoms with Crippen molar-refractivity contribution in [2.24, 2.45) is 0 Å². The first-order valence-corrected chi connectivity index (χ1v) is 8.35. The molecule has 0 unspecified atom stereocenters. The summed E-state index contributed by atoms with van der Waals surface area (Å²) in [5, 5.41) is 15.6. The fraction of sp³-hybridized carbons (Fsp3) is 0.0952. The number of nitrogens with one attached hydrogen (secondary N) is 1. The predicted octanol–water partition coefficient (Wildman–Crippen LogP) is 3.74. The van der Waals surface area contributed by atoms with Gasteiger partial charge in [0.05, 0.1) is 5.69 Å². The van der Waals surface area contributed by atoms with Gasteiger partial charge in [-0.2, -0.15) is 10.4 Å². The highest BCUT2D eigenvalue weighted by Gasteiger charge is 2.03. The molecule has 0 aliphatic heterocycles. The Labute approximate surface area is 157 Å². The highest BCUT2D eigenvalue weighted by molar-refractivity contribution is 6.02. The number of hydrogen-bond donors (Lipinski definition) is 1. The van der Waals surface area contributed by atoms with E-state index in [-0.39, 0.29) is 12.5 Å². The first kappa shape index (κ1) is 18.0. The van der Waals surface area contributed by atoms with E-state index in [9.17, 15) is 4.79 Å². The topological polar surface area (TPSA) is 79.9 Å². The zero-order chi connectivity index (χ0) is 19.1. The van der Waals surface area contributed by atoms with E-state index in [1.807, 2.05) is 55.5 Å². The van der Waals surface area contributed by atoms with E-state index < -0.39 is 0 Å². The van der Waals surface area contributed by atoms with Crippen molar-refractivity contribution in [1.29, 1.82) is 5.26 Å². The second kappa shape index (κ2) is 8.50. The van der Waals surface area contributed by atoms with Crippen LogP contribution in [-0.2, 0) is 4.79 Å². The lowest BCUT2D eigenvalue weighted by molar-refractivity contribution is -0.111. The van der Waals surface area contributed by atoms with Crippen molar-refractivity contribution in [1.82, 2.24) is 9.78 Å². The third-order valence-corrected chi connectivity index (χ3v) is 3.80. The fourth-order valence-corrected chi connectivity index (χ4v) is 2.50. The van der Waals surface area contributed by atoms with Crippen molar-refractivity contribution in [2.75, 3.05) is 11.9 Å². The molecule has 0 fully saturated rings. The number of amides is 1. The van der Waals surface area contributed by atoms with Crippen LogP contribution >= 0.6 is 0 Å². The molecule has 6 nitrogen and oxygen atoms in total. The number of ether oxygens (including phenoxy) is 1. The van der Waals surface area contributed by atoms with Gasteiger partial charge in [-0.05, 0) is 55.0 Å². The third kappa shape index (κ3) is 4.83. The molecule has 1 amide bonds. The minimum absolute atomic E-state index is 0.00864. The highest BCUT2D eigenvalue weighted by atomic mass is 16.5. The molecule has 0 saturated carbocycles. The summed E-state index contributed by atoms with van der Waals surface area (Å²) in [5.41, 5.74) is 3.44. The molecule has 0 aliphatic carbocycles. The maximum atomic E-state index is 12.2. The number of aromatic nitrogens is 2. The van der Waals surface area contributed by atoms with Gasteiger partial charge in [-0.1, -0.05) is 18.2 Å². The Morgan fingerprint density at radius 1 is 1.26 bits per heavy atom. The van der Waals surface area contributed by atoms with Crippen LogP contribution in [0.3, 0.4) is 0 Å². The molecule has 0 atom stereocenters. The second-order valence-electron chi connectivity index (χ2n) is 5.77. The average molecular weight is 358 g/mol. The number of anilines is 1. The number of aryl methyl sites for hydroxylation is 1. The molecule has 1 aromatic heterocycles. The van der Waals surface area contributed by atoms with Gasteiger partial charge in [0.15, 0.2) is 6.61 Å². The first-order chi connectivity index (χ1) is 13.2. The summed E-state index contributed by atoms with van der Waals surface area (Å²) >= 11 is 0. The van der Waals surface area contributed by atoms with Crippen molar-refractivity contribution in [3.8, 4) is 17.5 Å². The molecule has 1 N–H and O–H groups in total. The van der Waals surface area contributed by atoms with Crippen molar-refractivity contribution < 1.29 is 9.53 Å². The Kier molecular flexibility index (Phi) is 5.65. The monoisotopic (exact) mass is 358 g/mol. The van der Waals surface area contributed by atoms with Crippen LogP contribution in [0.5, 0.6) is 5.75 Å². The number of benzene rings is 2. The van der Waals surface area contributed by atoms with Gasteiger partial charge in [-0.15, -0.1) is 0 Å². The smallest absolute Gasteiger partial charge is 0.248 e. The zero-order valence-corrected chi connectivity index (χ0v) is 14.8. The van der Waals surface area contributed by atoms with E-state index in [2.05, 4.69) is 10.4 Å². The lowest BCUT2D eigenvalue weighted by Crippen LogP contribution is -2.08. The molecule has 0 aliphatic rings. The summed E-state index contributed by atoms with van der Waals surface area (Å²) in [4.78, 5) is 12.2. The molecule has 3 rings (SSSR count). The van der Waals surface area contributed by atoms with Gasteiger partial charge in [0, 0.05) is 23.7 Å². The molecule has 0 radical (unpaired) electrons. The zero-order valence-electron chi connectivity index (χ0n) is 14.8. The summed E-state index contributed by atoms with van der Waals surface area (Å²) in [7, 11) is 0. The summed E-state index contributed by atoms with van der Waals surface area (Å²) in [6, 6.07) is 18.5. The highest BCUT2D eigenvalue weighted by Crippen LogP contribution is 2.16. The number of nitrogens with zero attached hydrogens (tertiary/aromatic N) is 3. The molecular formula is C21H18N4O2. The largest absolute Gasteiger partial charge is 0.479 e. The summed E-state index contributed by atoms with van der Waals surface area (Å²) in [6.07, 6.45) is 4.92. The molecule has 27 heavy (non-hydrogen) atoms. The fourth-order valence-electron chi connectivity index (χ4n) is 2.50. The van der Waals surface area contributed by atoms with Crippen molar-refractivity contribution in [3.63, 3.8) is 0 Å². The summed E-state index contributed by atoms with van der Waals surface area (Å²) < 4.78 is 7.00. The van der Waals surface area contributed by atoms with Crippen molar-refractivity contribution >= 4 is 17.7 Å². The van der Waals surface area contributed by atoms with Gasteiger partial charge in [0.2, 0.25) is 5.91 Å². The maximum absolute atomic E-state index is 12.2. The molecule has 134 valence electrons. The molecule has 1 heterocycles. The average Bonchev–Trinajstić information content (AvgIpc) is 3.12. The number of rotatable bonds is 6. The third-order valence-electron chi connectivity index (χ3n) is 3.80. The number of nitriles is 1. The van der Waals surface area contributed by atoms with Crippen LogP contribution in [0.1, 0.15) is 11.3 Å². The van der Waals surface area contributed by atoms with E-state index in [0.29, 0.717) is 11.4 Å². The number of carbonyl (C=O) groups is 1. The normalized spacial score (nSPS) is 10.5. The Hall–Kier alpha value is -3.85. The van der Waals surface area contributed by atoms with E-state index in [1.54, 1.807) is 29.1 Å². The van der Waals surface area contributed by atoms with Crippen LogP contribution < -0.4 is 10.1 Å². The van der Waals surface area contributed by atoms with E-state index in [0.717, 1.165) is 16.9 Å². The molecule has 6 heteroatoms. The van der Waals surface area contributed by atoms with Gasteiger partial charge in [0.1, 0.15) is 11.8 Å². The van der Waals surface area contributed by atoms with E-state index in [1.165, 1.54) is 6.08 Å². The van der Waals surface area contributed by atoms with Gasteiger partial charge in [-0.25, -0.2) is 4.68 Å². The van der Waals surface area contributed by atoms with Gasteiger partial charge in [-0.3, -0.25) is 4.79 Å². The van der Waals surface area contributed by atoms with Crippen LogP contribution in [0, 0.1) is 18.3 Å². The number of hydrogen-bond acceptors (Lipinski definition) is 4. The van der Waals surface area contributed by atoms with Gasteiger partial charge < -0.3 is 10.1 Å². The lowest BCUT2D eigenvalue weighted by atomic mass is 10.2. The Bertz CT molecular complexity index is 998. The quantitative estimate of drug-likeness (QED) is 0.681. The minimum Gasteiger partial charge on any atom is -0.479 e. The van der Waals surface area contributed by atoms with Crippen LogP contribution in [0.15, 0.2) is 66.9 Å². The van der Waals surface area contributed by atoms with Crippen molar-refractivity contribution in [2.45, 2.75) is 6.92 Å². The van der Waals surface area contributed by atoms with Crippen LogP contribution in [0.2, 0.25) is 0 Å². The number of carbonyl (C=O) groups excluding carboxylic acids is 1. The Morgan fingerprint density at radius 3 is 2.78 bits per heavy atom. The molecule has 2 aromatic carbocycles. The summed E-state index contributed by atoms with van der Waals surface area (Å²) in [5.74, 6) is 0.387. The lowest BCUT2D eigenvalue weighted by Gasteiger charge is -2.07. The van der Waals surface area contributed by atoms with Crippen LogP contribution in [0.4, 0.5) is 5.69 Å². The Balaban J connectivity index is 1.63. The standard InChI is InChI=1S/C21H18N4O2/c1-16-11-13-23-25(16)19-4-2-3-18(15-19)24-21(26)10-7-17-5-8-20(9-6-17)27-14-12-22/h2-11,13,15H,14H2,1H3,(H,24,26)/b10-7+. The molecule has 0 spiro atoms. The molecule has 0 bridgehead atoms. The SMILES string of the molecule is Cc1ccnn1-c1cccc(NC(=O)/C=C/c2ccc(OCC#N)cc2)c1. The maximum Gasteiger partial charge on any atom is 0.248 e. The molecular weight excluding hydrogens is 340 g/mol. The van der Waals surface area contributed by atoms with Gasteiger partial charge in [0.25, 0.3) is 0 Å². The van der Waals surface area contributed by atoms with Crippen LogP contribution in [0.25, 0.3) is 11.8 Å². The second-order valence-corrected chi connectivity index (χ2v) is 5.77. The van der Waals surface area contributed by atoms with Gasteiger partial charge >= 0.3 is 0 Å². The minimum atomic E-state index is -0.228. The first-order valence-electron chi connectivity index (χ1n) is 8.35. The molecule has 3 aromatic rings. The molecule has 0 saturated heterocycles. The van der Waals surface area contributed by atoms with E-state index in [4.69, 9.17) is 10.00 Å². The predicted molar refractivity (Wildman–Crippen MR) is 104 cm³/mol. The Morgan fingerprint density at radius 2 is 2.07 bits per heavy atom. The van der Waals surface area contributed by atoms with Crippen LogP contribution in [-0.4, -0.2) is 22.3 Å².